The molecule has 0 fully saturated rings. The number of pyridine rings is 1. The number of aryl methyl sites for hydroxylation is 2. The zero-order chi connectivity index (χ0) is 7.97. The summed E-state index contributed by atoms with van der Waals surface area (Å²) in [6.45, 7) is 2.00. The maximum Gasteiger partial charge on any atom is 0.0590 e. The normalized spacial score (nSPS) is 17.8. The second-order valence-electron chi connectivity index (χ2n) is 3.66. The van der Waals surface area contributed by atoms with Crippen molar-refractivity contribution in [3.63, 3.8) is 0 Å². The van der Waals surface area contributed by atoms with Crippen molar-refractivity contribution in [3.8, 4) is 0 Å². The summed E-state index contributed by atoms with van der Waals surface area (Å²) < 4.78 is 0. The maximum absolute atomic E-state index is 4.67. The van der Waals surface area contributed by atoms with E-state index >= 15 is 0 Å². The summed E-state index contributed by atoms with van der Waals surface area (Å²) in [6.07, 6.45) is 3.75. The van der Waals surface area contributed by atoms with Crippen molar-refractivity contribution < 1.29 is 0 Å². The molecule has 13 heavy (non-hydrogen) atoms. The first-order valence-electron chi connectivity index (χ1n) is 4.65. The van der Waals surface area contributed by atoms with E-state index in [-0.39, 0.29) is 12.4 Å². The summed E-state index contributed by atoms with van der Waals surface area (Å²) in [6, 6.07) is 2.35. The van der Waals surface area contributed by atoms with E-state index in [9.17, 15) is 0 Å². The van der Waals surface area contributed by atoms with E-state index in [4.69, 9.17) is 0 Å². The average molecular weight is 197 g/mol. The Hall–Kier alpha value is -0.600. The zero-order valence-corrected chi connectivity index (χ0v) is 8.28. The van der Waals surface area contributed by atoms with E-state index < -0.39 is 0 Å². The fourth-order valence-electron chi connectivity index (χ4n) is 2.18. The minimum Gasteiger partial charge on any atom is -0.307 e. The lowest BCUT2D eigenvalue weighted by Crippen LogP contribution is -2.00. The second-order valence-corrected chi connectivity index (χ2v) is 3.66. The molecule has 2 aliphatic rings. The molecule has 0 radical (unpaired) electrons. The molecule has 0 unspecified atom stereocenters. The largest absolute Gasteiger partial charge is 0.307 e. The molecule has 1 aliphatic heterocycles. The van der Waals surface area contributed by atoms with Gasteiger partial charge in [-0.1, -0.05) is 6.07 Å². The van der Waals surface area contributed by atoms with E-state index in [1.807, 2.05) is 0 Å². The lowest BCUT2D eigenvalue weighted by atomic mass is 10.1. The van der Waals surface area contributed by atoms with Crippen LogP contribution in [-0.4, -0.2) is 4.98 Å². The molecule has 0 aromatic carbocycles. The molecule has 0 saturated heterocycles. The van der Waals surface area contributed by atoms with Crippen molar-refractivity contribution >= 4 is 12.4 Å². The lowest BCUT2D eigenvalue weighted by molar-refractivity contribution is 0.755. The fourth-order valence-corrected chi connectivity index (χ4v) is 2.18. The third-order valence-electron chi connectivity index (χ3n) is 2.83. The van der Waals surface area contributed by atoms with Gasteiger partial charge in [-0.15, -0.1) is 12.4 Å². The molecule has 1 aromatic rings. The van der Waals surface area contributed by atoms with Gasteiger partial charge in [-0.05, 0) is 30.4 Å². The van der Waals surface area contributed by atoms with E-state index in [1.54, 1.807) is 0 Å². The van der Waals surface area contributed by atoms with Gasteiger partial charge in [-0.25, -0.2) is 0 Å². The zero-order valence-electron chi connectivity index (χ0n) is 7.47. The van der Waals surface area contributed by atoms with E-state index in [2.05, 4.69) is 16.4 Å². The van der Waals surface area contributed by atoms with Crippen molar-refractivity contribution in [2.45, 2.75) is 32.4 Å². The molecule has 0 spiro atoms. The molecule has 0 atom stereocenters. The monoisotopic (exact) mass is 196 g/mol. The molecule has 1 aromatic heterocycles. The molecule has 0 amide bonds. The van der Waals surface area contributed by atoms with Gasteiger partial charge in [0.15, 0.2) is 0 Å². The molecular formula is C10H13ClN2. The van der Waals surface area contributed by atoms with Crippen LogP contribution in [0.2, 0.25) is 0 Å². The number of nitrogens with zero attached hydrogens (tertiary/aromatic N) is 1. The molecule has 2 nitrogen and oxygen atoms in total. The Labute approximate surface area is 84.2 Å². The minimum atomic E-state index is 0. The molecule has 2 heterocycles. The number of rotatable bonds is 0. The summed E-state index contributed by atoms with van der Waals surface area (Å²) in [5.41, 5.74) is 5.57. The summed E-state index contributed by atoms with van der Waals surface area (Å²) in [5.74, 6) is 0. The summed E-state index contributed by atoms with van der Waals surface area (Å²) >= 11 is 0. The predicted octanol–water partition coefficient (Wildman–Crippen LogP) is 1.60. The molecule has 3 rings (SSSR count). The van der Waals surface area contributed by atoms with Gasteiger partial charge in [0.25, 0.3) is 0 Å². The van der Waals surface area contributed by atoms with Crippen molar-refractivity contribution in [3.05, 3.63) is 28.6 Å². The highest BCUT2D eigenvalue weighted by Gasteiger charge is 2.18. The highest BCUT2D eigenvalue weighted by Crippen LogP contribution is 2.24. The molecule has 0 saturated carbocycles. The van der Waals surface area contributed by atoms with Crippen LogP contribution in [0.15, 0.2) is 6.07 Å². The number of fused-ring (bicyclic) bond motifs is 2. The van der Waals surface area contributed by atoms with Crippen LogP contribution in [0.3, 0.4) is 0 Å². The van der Waals surface area contributed by atoms with Gasteiger partial charge in [0, 0.05) is 18.8 Å². The third kappa shape index (κ3) is 1.34. The first-order chi connectivity index (χ1) is 5.93. The second kappa shape index (κ2) is 3.28. The number of nitrogens with one attached hydrogen (secondary N) is 1. The topological polar surface area (TPSA) is 24.9 Å². The van der Waals surface area contributed by atoms with Crippen molar-refractivity contribution in [2.75, 3.05) is 0 Å². The van der Waals surface area contributed by atoms with Crippen LogP contribution in [0.4, 0.5) is 0 Å². The SMILES string of the molecule is Cl.c1c2c(nc3c1CNC3)CCC2. The summed E-state index contributed by atoms with van der Waals surface area (Å²) in [4.78, 5) is 4.67. The van der Waals surface area contributed by atoms with Gasteiger partial charge in [0.05, 0.1) is 5.69 Å². The highest BCUT2D eigenvalue weighted by atomic mass is 35.5. The quantitative estimate of drug-likeness (QED) is 0.682. The Balaban J connectivity index is 0.000000653. The standard InChI is InChI=1S/C10H12N2.ClH/c1-2-7-4-8-5-11-6-10(8)12-9(7)3-1;/h4,11H,1-3,5-6H2;1H. The predicted molar refractivity (Wildman–Crippen MR) is 54.1 cm³/mol. The van der Waals surface area contributed by atoms with Crippen molar-refractivity contribution in [1.29, 1.82) is 0 Å². The van der Waals surface area contributed by atoms with Gasteiger partial charge >= 0.3 is 0 Å². The van der Waals surface area contributed by atoms with Crippen molar-refractivity contribution in [1.82, 2.24) is 10.3 Å². The molecule has 3 heteroatoms. The Morgan fingerprint density at radius 2 is 2.00 bits per heavy atom. The summed E-state index contributed by atoms with van der Waals surface area (Å²) in [7, 11) is 0. The van der Waals surface area contributed by atoms with Gasteiger partial charge < -0.3 is 5.32 Å². The van der Waals surface area contributed by atoms with E-state index in [1.165, 1.54) is 41.8 Å². The molecule has 1 N–H and O–H groups in total. The lowest BCUT2D eigenvalue weighted by Gasteiger charge is -2.01. The van der Waals surface area contributed by atoms with Gasteiger partial charge in [-0.3, -0.25) is 4.98 Å². The molecular weight excluding hydrogens is 184 g/mol. The molecule has 0 bridgehead atoms. The fraction of sp³-hybridized carbons (Fsp3) is 0.500. The summed E-state index contributed by atoms with van der Waals surface area (Å²) in [5, 5.41) is 3.33. The Bertz CT molecular complexity index is 276. The first-order valence-corrected chi connectivity index (χ1v) is 4.65. The minimum absolute atomic E-state index is 0. The van der Waals surface area contributed by atoms with Crippen LogP contribution in [0, 0.1) is 0 Å². The van der Waals surface area contributed by atoms with Crippen LogP contribution in [0.25, 0.3) is 0 Å². The van der Waals surface area contributed by atoms with Crippen LogP contribution in [0.1, 0.15) is 28.9 Å². The highest BCUT2D eigenvalue weighted by molar-refractivity contribution is 5.85. The van der Waals surface area contributed by atoms with Gasteiger partial charge in [0.1, 0.15) is 0 Å². The molecule has 1 aliphatic carbocycles. The number of aromatic nitrogens is 1. The van der Waals surface area contributed by atoms with Crippen LogP contribution >= 0.6 is 12.4 Å². The van der Waals surface area contributed by atoms with Crippen LogP contribution in [-0.2, 0) is 25.9 Å². The first kappa shape index (κ1) is 8.97. The Kier molecular flexibility index (Phi) is 2.26. The number of hydrogen-bond donors (Lipinski definition) is 1. The third-order valence-corrected chi connectivity index (χ3v) is 2.83. The maximum atomic E-state index is 4.67. The smallest absolute Gasteiger partial charge is 0.0590 e. The van der Waals surface area contributed by atoms with Crippen molar-refractivity contribution in [2.24, 2.45) is 0 Å². The average Bonchev–Trinajstić information content (AvgIpc) is 2.64. The van der Waals surface area contributed by atoms with Gasteiger partial charge in [0.2, 0.25) is 0 Å². The molecule has 70 valence electrons. The Morgan fingerprint density at radius 3 is 2.92 bits per heavy atom. The number of hydrogen-bond acceptors (Lipinski definition) is 2. The number of halogens is 1. The van der Waals surface area contributed by atoms with Crippen LogP contribution < -0.4 is 5.32 Å². The van der Waals surface area contributed by atoms with E-state index in [0.717, 1.165) is 13.1 Å². The Morgan fingerprint density at radius 1 is 1.08 bits per heavy atom. The van der Waals surface area contributed by atoms with E-state index in [0.29, 0.717) is 0 Å². The van der Waals surface area contributed by atoms with Crippen LogP contribution in [0.5, 0.6) is 0 Å². The van der Waals surface area contributed by atoms with Gasteiger partial charge in [-0.2, -0.15) is 0 Å².